The van der Waals surface area contributed by atoms with Crippen molar-refractivity contribution in [2.75, 3.05) is 33.3 Å². The average Bonchev–Trinajstić information content (AvgIpc) is 2.88. The normalized spacial score (nSPS) is 16.6. The van der Waals surface area contributed by atoms with Crippen LogP contribution in [-0.4, -0.2) is 44.2 Å². The van der Waals surface area contributed by atoms with Gasteiger partial charge in [-0.05, 0) is 51.9 Å². The van der Waals surface area contributed by atoms with E-state index in [1.165, 1.54) is 12.8 Å². The molecular formula is C15H24N2O3. The fraction of sp³-hybridized carbons (Fsp3) is 0.667. The molecule has 5 heteroatoms. The van der Waals surface area contributed by atoms with Crippen molar-refractivity contribution >= 4 is 5.97 Å². The van der Waals surface area contributed by atoms with Gasteiger partial charge in [-0.2, -0.15) is 0 Å². The Hall–Kier alpha value is -1.33. The highest BCUT2D eigenvalue weighted by atomic mass is 16.5. The molecule has 1 fully saturated rings. The molecule has 20 heavy (non-hydrogen) atoms. The van der Waals surface area contributed by atoms with E-state index in [-0.39, 0.29) is 5.97 Å². The Morgan fingerprint density at radius 3 is 2.95 bits per heavy atom. The maximum Gasteiger partial charge on any atom is 0.341 e. The summed E-state index contributed by atoms with van der Waals surface area (Å²) in [6, 6.07) is 1.69. The van der Waals surface area contributed by atoms with Crippen molar-refractivity contribution < 1.29 is 13.9 Å². The average molecular weight is 280 g/mol. The van der Waals surface area contributed by atoms with Gasteiger partial charge < -0.3 is 14.5 Å². The van der Waals surface area contributed by atoms with Gasteiger partial charge in [-0.1, -0.05) is 0 Å². The van der Waals surface area contributed by atoms with Crippen molar-refractivity contribution in [3.63, 3.8) is 0 Å². The highest BCUT2D eigenvalue weighted by Gasteiger charge is 2.19. The lowest BCUT2D eigenvalue weighted by Crippen LogP contribution is -2.34. The molecule has 1 aliphatic heterocycles. The molecule has 112 valence electrons. The molecule has 0 aliphatic carbocycles. The first-order chi connectivity index (χ1) is 9.70. The Bertz CT molecular complexity index is 425. The molecule has 0 unspecified atom stereocenters. The molecule has 1 N–H and O–H groups in total. The number of ether oxygens (including phenoxy) is 1. The van der Waals surface area contributed by atoms with Crippen LogP contribution < -0.4 is 5.32 Å². The van der Waals surface area contributed by atoms with Crippen molar-refractivity contribution in [1.29, 1.82) is 0 Å². The Balaban J connectivity index is 1.88. The van der Waals surface area contributed by atoms with Crippen LogP contribution in [0.2, 0.25) is 0 Å². The Labute approximate surface area is 120 Å². The van der Waals surface area contributed by atoms with E-state index in [2.05, 4.69) is 17.3 Å². The molecule has 1 saturated heterocycles. The highest BCUT2D eigenvalue weighted by molar-refractivity contribution is 5.90. The lowest BCUT2D eigenvalue weighted by molar-refractivity contribution is 0.0522. The van der Waals surface area contributed by atoms with Gasteiger partial charge in [0.1, 0.15) is 11.3 Å². The highest BCUT2D eigenvalue weighted by Crippen LogP contribution is 2.17. The molecule has 0 radical (unpaired) electrons. The van der Waals surface area contributed by atoms with Crippen molar-refractivity contribution in [2.45, 2.75) is 26.3 Å². The maximum absolute atomic E-state index is 11.8. The van der Waals surface area contributed by atoms with E-state index in [1.54, 1.807) is 19.3 Å². The topological polar surface area (TPSA) is 54.7 Å². The Kier molecular flexibility index (Phi) is 5.61. The minimum atomic E-state index is -0.300. The summed E-state index contributed by atoms with van der Waals surface area (Å²) in [6.45, 7) is 6.08. The van der Waals surface area contributed by atoms with E-state index in [9.17, 15) is 4.79 Å². The predicted molar refractivity (Wildman–Crippen MR) is 76.6 cm³/mol. The maximum atomic E-state index is 11.8. The van der Waals surface area contributed by atoms with Gasteiger partial charge in [-0.25, -0.2) is 4.79 Å². The van der Waals surface area contributed by atoms with Crippen LogP contribution >= 0.6 is 0 Å². The number of hydrogen-bond acceptors (Lipinski definition) is 5. The fourth-order valence-electron chi connectivity index (χ4n) is 2.67. The smallest absolute Gasteiger partial charge is 0.341 e. The number of hydrogen-bond donors (Lipinski definition) is 1. The first-order valence-electron chi connectivity index (χ1n) is 7.33. The number of piperidine rings is 1. The third-order valence-electron chi connectivity index (χ3n) is 3.68. The van der Waals surface area contributed by atoms with Gasteiger partial charge in [0.15, 0.2) is 0 Å². The molecule has 0 amide bonds. The van der Waals surface area contributed by atoms with E-state index < -0.39 is 0 Å². The van der Waals surface area contributed by atoms with Crippen LogP contribution in [0.4, 0.5) is 0 Å². The van der Waals surface area contributed by atoms with Crippen molar-refractivity contribution in [3.8, 4) is 0 Å². The summed E-state index contributed by atoms with van der Waals surface area (Å²) >= 11 is 0. The van der Waals surface area contributed by atoms with Gasteiger partial charge in [0.25, 0.3) is 0 Å². The van der Waals surface area contributed by atoms with Crippen LogP contribution in [0.25, 0.3) is 0 Å². The monoisotopic (exact) mass is 280 g/mol. The first-order valence-corrected chi connectivity index (χ1v) is 7.33. The third-order valence-corrected chi connectivity index (χ3v) is 3.68. The molecule has 2 rings (SSSR count). The number of nitrogens with zero attached hydrogens (tertiary/aromatic N) is 1. The van der Waals surface area contributed by atoms with Gasteiger partial charge in [0.05, 0.1) is 19.4 Å². The molecule has 0 saturated carbocycles. The lowest BCUT2D eigenvalue weighted by atomic mass is 9.97. The second-order valence-electron chi connectivity index (χ2n) is 5.37. The zero-order chi connectivity index (χ0) is 14.4. The van der Waals surface area contributed by atoms with Gasteiger partial charge in [0.2, 0.25) is 0 Å². The molecule has 0 bridgehead atoms. The van der Waals surface area contributed by atoms with E-state index in [0.717, 1.165) is 25.6 Å². The van der Waals surface area contributed by atoms with E-state index >= 15 is 0 Å². The summed E-state index contributed by atoms with van der Waals surface area (Å²) in [5, 5.41) is 3.37. The van der Waals surface area contributed by atoms with Gasteiger partial charge in [-0.15, -0.1) is 0 Å². The summed E-state index contributed by atoms with van der Waals surface area (Å²) in [4.78, 5) is 14.0. The van der Waals surface area contributed by atoms with Crippen molar-refractivity contribution in [2.24, 2.45) is 5.92 Å². The van der Waals surface area contributed by atoms with Crippen LogP contribution in [0.1, 0.15) is 35.9 Å². The quantitative estimate of drug-likeness (QED) is 0.806. The van der Waals surface area contributed by atoms with E-state index in [4.69, 9.17) is 9.15 Å². The van der Waals surface area contributed by atoms with E-state index in [1.807, 2.05) is 0 Å². The Morgan fingerprint density at radius 1 is 1.50 bits per heavy atom. The summed E-state index contributed by atoms with van der Waals surface area (Å²) in [6.07, 6.45) is 3.99. The minimum absolute atomic E-state index is 0.300. The fourth-order valence-corrected chi connectivity index (χ4v) is 2.67. The van der Waals surface area contributed by atoms with Gasteiger partial charge >= 0.3 is 5.97 Å². The number of rotatable bonds is 6. The van der Waals surface area contributed by atoms with Crippen LogP contribution in [-0.2, 0) is 11.3 Å². The molecular weight excluding hydrogens is 256 g/mol. The van der Waals surface area contributed by atoms with Gasteiger partial charge in [0, 0.05) is 6.54 Å². The molecule has 0 spiro atoms. The number of carbonyl (C=O) groups excluding carboxylic acids is 1. The third kappa shape index (κ3) is 4.08. The summed E-state index contributed by atoms with van der Waals surface area (Å²) in [5.74, 6) is 1.12. The summed E-state index contributed by atoms with van der Waals surface area (Å²) in [5.41, 5.74) is 0.545. The second-order valence-corrected chi connectivity index (χ2v) is 5.37. The zero-order valence-corrected chi connectivity index (χ0v) is 12.4. The predicted octanol–water partition coefficient (Wildman–Crippen LogP) is 1.89. The molecule has 1 aromatic rings. The first kappa shape index (κ1) is 15.1. The minimum Gasteiger partial charge on any atom is -0.467 e. The van der Waals surface area contributed by atoms with Crippen LogP contribution in [0.3, 0.4) is 0 Å². The zero-order valence-electron chi connectivity index (χ0n) is 12.4. The molecule has 1 aromatic heterocycles. The number of esters is 1. The van der Waals surface area contributed by atoms with Crippen LogP contribution in [0.5, 0.6) is 0 Å². The summed E-state index contributed by atoms with van der Waals surface area (Å²) < 4.78 is 10.5. The molecule has 2 heterocycles. The van der Waals surface area contributed by atoms with Crippen LogP contribution in [0.15, 0.2) is 16.7 Å². The van der Waals surface area contributed by atoms with Gasteiger partial charge in [-0.3, -0.25) is 4.90 Å². The van der Waals surface area contributed by atoms with E-state index in [0.29, 0.717) is 24.5 Å². The Morgan fingerprint density at radius 2 is 2.25 bits per heavy atom. The lowest BCUT2D eigenvalue weighted by Gasteiger charge is -2.27. The standard InChI is InChI=1S/C15H24N2O3/c1-3-19-15(18)13-6-9-20-14(13)11-17(2)10-12-4-7-16-8-5-12/h6,9,12,16H,3-5,7-8,10-11H2,1-2H3. The molecule has 0 atom stereocenters. The van der Waals surface area contributed by atoms with Crippen LogP contribution in [0, 0.1) is 5.92 Å². The van der Waals surface area contributed by atoms with Crippen molar-refractivity contribution in [1.82, 2.24) is 10.2 Å². The number of furan rings is 1. The largest absolute Gasteiger partial charge is 0.467 e. The SMILES string of the molecule is CCOC(=O)c1ccoc1CN(C)CC1CCNCC1. The summed E-state index contributed by atoms with van der Waals surface area (Å²) in [7, 11) is 2.07. The molecule has 5 nitrogen and oxygen atoms in total. The second kappa shape index (κ2) is 7.45. The van der Waals surface area contributed by atoms with Crippen molar-refractivity contribution in [3.05, 3.63) is 23.7 Å². The number of nitrogens with one attached hydrogen (secondary N) is 1. The molecule has 0 aromatic carbocycles. The number of carbonyl (C=O) groups is 1. The molecule has 1 aliphatic rings.